The van der Waals surface area contributed by atoms with Gasteiger partial charge in [0.25, 0.3) is 0 Å². The van der Waals surface area contributed by atoms with Crippen LogP contribution in [0.1, 0.15) is 13.8 Å². The van der Waals surface area contributed by atoms with Gasteiger partial charge in [-0.05, 0) is 18.1 Å². The molecule has 1 heterocycles. The van der Waals surface area contributed by atoms with E-state index in [4.69, 9.17) is 0 Å². The number of hydrogen-bond acceptors (Lipinski definition) is 1. The van der Waals surface area contributed by atoms with E-state index >= 15 is 0 Å². The normalized spacial score (nSPS) is 11.6. The Morgan fingerprint density at radius 2 is 2.06 bits per heavy atom. The first-order valence-corrected chi connectivity index (χ1v) is 5.08. The maximum absolute atomic E-state index is 13.6. The summed E-state index contributed by atoms with van der Waals surface area (Å²) in [4.78, 5) is 11.5. The van der Waals surface area contributed by atoms with Gasteiger partial charge < -0.3 is 0 Å². The average Bonchev–Trinajstić information content (AvgIpc) is 2.45. The predicted molar refractivity (Wildman–Crippen MR) is 57.5 cm³/mol. The first kappa shape index (κ1) is 10.9. The maximum Gasteiger partial charge on any atom is 0.357 e. The van der Waals surface area contributed by atoms with Crippen molar-refractivity contribution in [2.24, 2.45) is 5.92 Å². The summed E-state index contributed by atoms with van der Waals surface area (Å²) in [6, 6.07) is 3.99. The van der Waals surface area contributed by atoms with E-state index in [1.54, 1.807) is 0 Å². The summed E-state index contributed by atoms with van der Waals surface area (Å²) < 4.78 is 28.2. The lowest BCUT2D eigenvalue weighted by atomic mass is 10.2. The van der Waals surface area contributed by atoms with Gasteiger partial charge in [0.05, 0.1) is 0 Å². The van der Waals surface area contributed by atoms with Gasteiger partial charge in [-0.2, -0.15) is 0 Å². The van der Waals surface area contributed by atoms with Crippen molar-refractivity contribution in [3.63, 3.8) is 0 Å². The Morgan fingerprint density at radius 1 is 1.38 bits per heavy atom. The fourth-order valence-corrected chi connectivity index (χ4v) is 1.77. The molecule has 0 fully saturated rings. The summed E-state index contributed by atoms with van der Waals surface area (Å²) in [6.07, 6.45) is 0. The Bertz CT molecular complexity index is 583. The zero-order valence-corrected chi connectivity index (χ0v) is 9.08. The summed E-state index contributed by atoms with van der Waals surface area (Å²) in [6.45, 7) is 4.07. The lowest BCUT2D eigenvalue weighted by Crippen LogP contribution is -2.22. The first-order chi connectivity index (χ1) is 7.52. The van der Waals surface area contributed by atoms with Gasteiger partial charge >= 0.3 is 5.69 Å². The largest absolute Gasteiger partial charge is 0.357 e. The summed E-state index contributed by atoms with van der Waals surface area (Å²) in [5.74, 6) is -0.436. The summed E-state index contributed by atoms with van der Waals surface area (Å²) in [7, 11) is 0. The molecule has 0 saturated carbocycles. The van der Waals surface area contributed by atoms with Gasteiger partial charge in [-0.25, -0.2) is 9.18 Å². The zero-order chi connectivity index (χ0) is 11.9. The second-order valence-electron chi connectivity index (χ2n) is 4.18. The van der Waals surface area contributed by atoms with E-state index in [1.807, 2.05) is 13.8 Å². The third-order valence-electron chi connectivity index (χ3n) is 2.39. The first-order valence-electron chi connectivity index (χ1n) is 5.08. The number of imidazole rings is 1. The predicted octanol–water partition coefficient (Wildman–Crippen LogP) is 2.33. The number of halogens is 2. The third kappa shape index (κ3) is 1.52. The van der Waals surface area contributed by atoms with Crippen LogP contribution in [-0.4, -0.2) is 9.36 Å². The van der Waals surface area contributed by atoms with E-state index < -0.39 is 11.5 Å². The number of hydrogen-bond donors (Lipinski definition) is 0. The highest BCUT2D eigenvalue weighted by atomic mass is 19.2. The van der Waals surface area contributed by atoms with Crippen molar-refractivity contribution in [3.05, 3.63) is 34.5 Å². The molecule has 0 N–H and O–H groups in total. The monoisotopic (exact) mass is 226 g/mol. The molecule has 0 atom stereocenters. The van der Waals surface area contributed by atoms with E-state index in [-0.39, 0.29) is 21.7 Å². The smallest absolute Gasteiger partial charge is 0.287 e. The Kier molecular flexibility index (Phi) is 2.53. The minimum absolute atomic E-state index is 0.0131. The zero-order valence-electron chi connectivity index (χ0n) is 9.08. The molecular formula is C11H12F2N2O. The van der Waals surface area contributed by atoms with Gasteiger partial charge in [0.2, 0.25) is 0 Å². The van der Waals surface area contributed by atoms with E-state index in [0.29, 0.717) is 6.54 Å². The molecule has 1 aromatic carbocycles. The molecule has 0 aliphatic heterocycles. The summed E-state index contributed by atoms with van der Waals surface area (Å²) in [5.41, 5.74) is -0.817. The van der Waals surface area contributed by atoms with Crippen LogP contribution in [0.15, 0.2) is 23.0 Å². The lowest BCUT2D eigenvalue weighted by Gasteiger charge is -2.05. The van der Waals surface area contributed by atoms with Crippen molar-refractivity contribution in [1.82, 2.24) is 9.36 Å². The molecule has 0 spiro atoms. The molecule has 2 rings (SSSR count). The van der Waals surface area contributed by atoms with Crippen LogP contribution < -0.4 is 5.69 Å². The third-order valence-corrected chi connectivity index (χ3v) is 2.39. The Morgan fingerprint density at radius 3 is 2.69 bits per heavy atom. The number of fused-ring (bicyclic) bond motifs is 1. The summed E-state index contributed by atoms with van der Waals surface area (Å²) >= 11 is 0. The van der Waals surface area contributed by atoms with Crippen molar-refractivity contribution in [3.8, 4) is 0 Å². The van der Waals surface area contributed by atoms with E-state index in [1.165, 1.54) is 18.2 Å². The van der Waals surface area contributed by atoms with Gasteiger partial charge in [0, 0.05) is 6.54 Å². The second kappa shape index (κ2) is 3.73. The molecule has 3 nitrogen and oxygen atoms in total. The SMILES string of the molecule is CC(C)Cn1c(=O)n(F)c2cccc(F)c21. The van der Waals surface area contributed by atoms with Crippen molar-refractivity contribution >= 4 is 11.0 Å². The van der Waals surface area contributed by atoms with Crippen LogP contribution in [0.25, 0.3) is 11.0 Å². The molecule has 0 aliphatic carbocycles. The molecule has 0 amide bonds. The summed E-state index contributed by atoms with van der Waals surface area (Å²) in [5, 5.41) is 0. The number of benzene rings is 1. The van der Waals surface area contributed by atoms with Crippen LogP contribution in [0.5, 0.6) is 0 Å². The van der Waals surface area contributed by atoms with Gasteiger partial charge in [-0.3, -0.25) is 4.57 Å². The Balaban J connectivity index is 2.81. The highest BCUT2D eigenvalue weighted by molar-refractivity contribution is 5.76. The van der Waals surface area contributed by atoms with Crippen molar-refractivity contribution < 1.29 is 8.87 Å². The molecule has 2 aromatic rings. The van der Waals surface area contributed by atoms with Crippen LogP contribution in [0.3, 0.4) is 0 Å². The number of aromatic nitrogens is 2. The van der Waals surface area contributed by atoms with Gasteiger partial charge in [0.1, 0.15) is 16.9 Å². The fourth-order valence-electron chi connectivity index (χ4n) is 1.77. The molecule has 86 valence electrons. The van der Waals surface area contributed by atoms with Gasteiger partial charge in [-0.1, -0.05) is 24.4 Å². The van der Waals surface area contributed by atoms with E-state index in [0.717, 1.165) is 4.57 Å². The minimum Gasteiger partial charge on any atom is -0.287 e. The molecule has 0 aliphatic rings. The van der Waals surface area contributed by atoms with Gasteiger partial charge in [-0.15, -0.1) is 4.79 Å². The topological polar surface area (TPSA) is 26.9 Å². The molecule has 0 saturated heterocycles. The highest BCUT2D eigenvalue weighted by Gasteiger charge is 2.16. The van der Waals surface area contributed by atoms with Crippen LogP contribution in [0.4, 0.5) is 8.87 Å². The molecule has 0 unspecified atom stereocenters. The molecular weight excluding hydrogens is 214 g/mol. The van der Waals surface area contributed by atoms with Crippen molar-refractivity contribution in [2.75, 3.05) is 0 Å². The van der Waals surface area contributed by atoms with Crippen LogP contribution in [-0.2, 0) is 6.54 Å². The molecule has 0 radical (unpaired) electrons. The van der Waals surface area contributed by atoms with Crippen molar-refractivity contribution in [1.29, 1.82) is 0 Å². The molecule has 16 heavy (non-hydrogen) atoms. The van der Waals surface area contributed by atoms with Crippen LogP contribution in [0, 0.1) is 11.7 Å². The lowest BCUT2D eigenvalue weighted by molar-refractivity contribution is 0.356. The van der Waals surface area contributed by atoms with E-state index in [2.05, 4.69) is 0 Å². The molecule has 1 aromatic heterocycles. The van der Waals surface area contributed by atoms with E-state index in [9.17, 15) is 13.7 Å². The standard InChI is InChI=1S/C11H12F2N2O/c1-7(2)6-14-10-8(12)4-3-5-9(10)15(13)11(14)16/h3-5,7H,6H2,1-2H3. The number of nitrogens with zero attached hydrogens (tertiary/aromatic N) is 2. The Hall–Kier alpha value is -1.65. The number of para-hydroxylation sites is 1. The molecule has 5 heteroatoms. The average molecular weight is 226 g/mol. The van der Waals surface area contributed by atoms with Crippen molar-refractivity contribution in [2.45, 2.75) is 20.4 Å². The second-order valence-corrected chi connectivity index (χ2v) is 4.18. The fraction of sp³-hybridized carbons (Fsp3) is 0.364. The molecule has 0 bridgehead atoms. The van der Waals surface area contributed by atoms with Crippen LogP contribution in [0.2, 0.25) is 0 Å². The number of rotatable bonds is 2. The maximum atomic E-state index is 13.6. The van der Waals surface area contributed by atoms with Gasteiger partial charge in [0.15, 0.2) is 0 Å². The highest BCUT2D eigenvalue weighted by Crippen LogP contribution is 2.17. The van der Waals surface area contributed by atoms with Crippen LogP contribution >= 0.6 is 0 Å². The quantitative estimate of drug-likeness (QED) is 0.772. The minimum atomic E-state index is -0.825. The Labute approximate surface area is 90.8 Å².